The first-order valence-electron chi connectivity index (χ1n) is 4.96. The molecule has 0 aromatic heterocycles. The zero-order valence-corrected chi connectivity index (χ0v) is 9.91. The molecule has 0 bridgehead atoms. The van der Waals surface area contributed by atoms with Crippen molar-refractivity contribution in [1.82, 2.24) is 0 Å². The Bertz CT molecular complexity index is 342. The molecule has 1 rings (SSSR count). The summed E-state index contributed by atoms with van der Waals surface area (Å²) in [4.78, 5) is 0. The Morgan fingerprint density at radius 3 is 2.56 bits per heavy atom. The van der Waals surface area contributed by atoms with E-state index in [9.17, 15) is 5.11 Å². The maximum atomic E-state index is 9.88. The number of phenols is 1. The monoisotopic (exact) mass is 243 g/mol. The van der Waals surface area contributed by atoms with Crippen molar-refractivity contribution in [2.75, 3.05) is 6.61 Å². The second kappa shape index (κ2) is 7.28. The maximum Gasteiger partial charge on any atom is 0.122 e. The first kappa shape index (κ1) is 15.0. The van der Waals surface area contributed by atoms with Gasteiger partial charge >= 0.3 is 0 Å². The maximum absolute atomic E-state index is 9.88. The number of hydrogen-bond acceptors (Lipinski definition) is 3. The molecule has 90 valence electrons. The fraction of sp³-hybridized carbons (Fsp3) is 0.333. The van der Waals surface area contributed by atoms with Crippen LogP contribution in [0.4, 0.5) is 0 Å². The molecule has 0 fully saturated rings. The van der Waals surface area contributed by atoms with Crippen molar-refractivity contribution in [3.05, 3.63) is 42.0 Å². The minimum Gasteiger partial charge on any atom is -0.507 e. The largest absolute Gasteiger partial charge is 0.507 e. The van der Waals surface area contributed by atoms with Crippen molar-refractivity contribution in [3.8, 4) is 5.75 Å². The van der Waals surface area contributed by atoms with Crippen LogP contribution in [0.25, 0.3) is 0 Å². The molecule has 0 heterocycles. The van der Waals surface area contributed by atoms with E-state index in [2.05, 4.69) is 6.58 Å². The van der Waals surface area contributed by atoms with Crippen LogP contribution in [-0.2, 0) is 12.8 Å². The van der Waals surface area contributed by atoms with Gasteiger partial charge < -0.3 is 15.9 Å². The number of para-hydroxylation sites is 1. The number of allylic oxidation sites excluding steroid dienone is 1. The molecular formula is C12H18ClNO2. The third-order valence-corrected chi connectivity index (χ3v) is 2.28. The van der Waals surface area contributed by atoms with Crippen LogP contribution in [0.1, 0.15) is 11.1 Å². The van der Waals surface area contributed by atoms with E-state index >= 15 is 0 Å². The van der Waals surface area contributed by atoms with Gasteiger partial charge in [-0.05, 0) is 24.0 Å². The smallest absolute Gasteiger partial charge is 0.122 e. The van der Waals surface area contributed by atoms with Crippen LogP contribution in [0.5, 0.6) is 5.75 Å². The van der Waals surface area contributed by atoms with Crippen LogP contribution in [0.15, 0.2) is 30.9 Å². The molecule has 3 nitrogen and oxygen atoms in total. The quantitative estimate of drug-likeness (QED) is 0.685. The first-order chi connectivity index (χ1) is 7.19. The number of aromatic hydroxyl groups is 1. The van der Waals surface area contributed by atoms with Crippen molar-refractivity contribution in [2.24, 2.45) is 5.73 Å². The summed E-state index contributed by atoms with van der Waals surface area (Å²) in [6, 6.07) is 5.22. The lowest BCUT2D eigenvalue weighted by atomic mass is 10.0. The lowest BCUT2D eigenvalue weighted by Gasteiger charge is -2.11. The Kier molecular flexibility index (Phi) is 6.81. The summed E-state index contributed by atoms with van der Waals surface area (Å²) in [5.41, 5.74) is 7.23. The highest BCUT2D eigenvalue weighted by Gasteiger charge is 2.09. The number of aliphatic hydroxyl groups is 1. The van der Waals surface area contributed by atoms with Crippen LogP contribution in [0.3, 0.4) is 0 Å². The van der Waals surface area contributed by atoms with Gasteiger partial charge in [0.1, 0.15) is 5.75 Å². The van der Waals surface area contributed by atoms with Crippen LogP contribution >= 0.6 is 12.4 Å². The number of aliphatic hydroxyl groups excluding tert-OH is 1. The van der Waals surface area contributed by atoms with Gasteiger partial charge in [-0.2, -0.15) is 0 Å². The molecule has 0 aliphatic heterocycles. The topological polar surface area (TPSA) is 66.5 Å². The van der Waals surface area contributed by atoms with Crippen LogP contribution < -0.4 is 5.73 Å². The van der Waals surface area contributed by atoms with Crippen LogP contribution in [0, 0.1) is 0 Å². The Morgan fingerprint density at radius 1 is 1.38 bits per heavy atom. The van der Waals surface area contributed by atoms with Gasteiger partial charge in [0.25, 0.3) is 0 Å². The molecule has 1 atom stereocenters. The lowest BCUT2D eigenvalue weighted by Crippen LogP contribution is -2.26. The predicted octanol–water partition coefficient (Wildman–Crippen LogP) is 1.40. The minimum absolute atomic E-state index is 0. The number of rotatable bonds is 5. The third kappa shape index (κ3) is 3.85. The molecule has 4 N–H and O–H groups in total. The third-order valence-electron chi connectivity index (χ3n) is 2.28. The molecule has 1 aromatic rings. The molecule has 0 amide bonds. The van der Waals surface area contributed by atoms with Gasteiger partial charge in [0.2, 0.25) is 0 Å². The van der Waals surface area contributed by atoms with Gasteiger partial charge in [0, 0.05) is 6.04 Å². The molecule has 0 aliphatic rings. The van der Waals surface area contributed by atoms with Gasteiger partial charge in [-0.25, -0.2) is 0 Å². The first-order valence-corrected chi connectivity index (χ1v) is 4.96. The van der Waals surface area contributed by atoms with Gasteiger partial charge in [-0.15, -0.1) is 19.0 Å². The molecular weight excluding hydrogens is 226 g/mol. The molecule has 0 spiro atoms. The number of hydrogen-bond donors (Lipinski definition) is 3. The predicted molar refractivity (Wildman–Crippen MR) is 68.0 cm³/mol. The van der Waals surface area contributed by atoms with Crippen LogP contribution in [0.2, 0.25) is 0 Å². The average Bonchev–Trinajstić information content (AvgIpc) is 2.24. The summed E-state index contributed by atoms with van der Waals surface area (Å²) in [6.45, 7) is 3.55. The highest BCUT2D eigenvalue weighted by molar-refractivity contribution is 5.85. The number of phenolic OH excluding ortho intramolecular Hbond substituents is 1. The van der Waals surface area contributed by atoms with E-state index in [-0.39, 0.29) is 30.8 Å². The SMILES string of the molecule is C=CCc1cccc(CC(N)CO)c1O.Cl. The van der Waals surface area contributed by atoms with Crippen molar-refractivity contribution in [1.29, 1.82) is 0 Å². The van der Waals surface area contributed by atoms with E-state index in [0.29, 0.717) is 12.8 Å². The molecule has 0 saturated heterocycles. The second-order valence-electron chi connectivity index (χ2n) is 3.56. The normalized spacial score (nSPS) is 11.6. The number of benzene rings is 1. The Balaban J connectivity index is 0.00000225. The molecule has 0 aliphatic carbocycles. The zero-order valence-electron chi connectivity index (χ0n) is 9.10. The summed E-state index contributed by atoms with van der Waals surface area (Å²) >= 11 is 0. The molecule has 1 aromatic carbocycles. The van der Waals surface area contributed by atoms with Crippen molar-refractivity contribution in [2.45, 2.75) is 18.9 Å². The standard InChI is InChI=1S/C12H17NO2.ClH/c1-2-4-9-5-3-6-10(12(9)15)7-11(13)8-14;/h2-3,5-6,11,14-15H,1,4,7-8,13H2;1H. The molecule has 1 unspecified atom stereocenters. The van der Waals surface area contributed by atoms with E-state index in [1.54, 1.807) is 6.08 Å². The zero-order chi connectivity index (χ0) is 11.3. The average molecular weight is 244 g/mol. The fourth-order valence-corrected chi connectivity index (χ4v) is 1.48. The van der Waals surface area contributed by atoms with Gasteiger partial charge in [-0.3, -0.25) is 0 Å². The van der Waals surface area contributed by atoms with E-state index in [0.717, 1.165) is 11.1 Å². The van der Waals surface area contributed by atoms with E-state index in [1.807, 2.05) is 18.2 Å². The minimum atomic E-state index is -0.324. The Morgan fingerprint density at radius 2 is 2.00 bits per heavy atom. The van der Waals surface area contributed by atoms with Crippen LogP contribution in [-0.4, -0.2) is 22.9 Å². The highest BCUT2D eigenvalue weighted by atomic mass is 35.5. The molecule has 0 radical (unpaired) electrons. The highest BCUT2D eigenvalue weighted by Crippen LogP contribution is 2.24. The number of nitrogens with two attached hydrogens (primary N) is 1. The summed E-state index contributed by atoms with van der Waals surface area (Å²) in [7, 11) is 0. The van der Waals surface area contributed by atoms with E-state index < -0.39 is 0 Å². The Labute approximate surface area is 102 Å². The summed E-state index contributed by atoms with van der Waals surface area (Å²) < 4.78 is 0. The van der Waals surface area contributed by atoms with Crippen molar-refractivity contribution < 1.29 is 10.2 Å². The number of halogens is 1. The molecule has 0 saturated carbocycles. The van der Waals surface area contributed by atoms with Gasteiger partial charge in [0.05, 0.1) is 6.61 Å². The van der Waals surface area contributed by atoms with Crippen molar-refractivity contribution >= 4 is 12.4 Å². The van der Waals surface area contributed by atoms with E-state index in [4.69, 9.17) is 10.8 Å². The second-order valence-corrected chi connectivity index (χ2v) is 3.56. The van der Waals surface area contributed by atoms with Gasteiger partial charge in [0.15, 0.2) is 0 Å². The summed E-state index contributed by atoms with van der Waals surface area (Å²) in [5, 5.41) is 18.7. The van der Waals surface area contributed by atoms with Gasteiger partial charge in [-0.1, -0.05) is 24.3 Å². The summed E-state index contributed by atoms with van der Waals surface area (Å²) in [6.07, 6.45) is 2.85. The molecule has 4 heteroatoms. The lowest BCUT2D eigenvalue weighted by molar-refractivity contribution is 0.264. The molecule has 16 heavy (non-hydrogen) atoms. The summed E-state index contributed by atoms with van der Waals surface area (Å²) in [5.74, 6) is 0.265. The van der Waals surface area contributed by atoms with Crippen molar-refractivity contribution in [3.63, 3.8) is 0 Å². The Hall–Kier alpha value is -1.03. The van der Waals surface area contributed by atoms with E-state index in [1.165, 1.54) is 0 Å². The fourth-order valence-electron chi connectivity index (χ4n) is 1.48.